The van der Waals surface area contributed by atoms with Crippen molar-refractivity contribution in [2.24, 2.45) is 0 Å². The molecule has 1 amide bonds. The van der Waals surface area contributed by atoms with Crippen LogP contribution in [-0.2, 0) is 26.1 Å². The third-order valence-electron chi connectivity index (χ3n) is 4.62. The molecule has 31 heavy (non-hydrogen) atoms. The number of rotatable bonds is 6. The summed E-state index contributed by atoms with van der Waals surface area (Å²) in [7, 11) is -1.75. The minimum atomic E-state index is -3.30. The van der Waals surface area contributed by atoms with Gasteiger partial charge >= 0.3 is 0 Å². The van der Waals surface area contributed by atoms with Crippen molar-refractivity contribution >= 4 is 44.8 Å². The van der Waals surface area contributed by atoms with Crippen LogP contribution >= 0.6 is 23.2 Å². The predicted molar refractivity (Wildman–Crippen MR) is 117 cm³/mol. The molecule has 1 aromatic heterocycles. The van der Waals surface area contributed by atoms with Crippen LogP contribution in [0.15, 0.2) is 42.5 Å². The minimum absolute atomic E-state index is 0.175. The molecule has 2 heterocycles. The van der Waals surface area contributed by atoms with Gasteiger partial charge in [0.05, 0.1) is 35.0 Å². The Hall–Kier alpha value is -2.75. The van der Waals surface area contributed by atoms with Gasteiger partial charge in [-0.05, 0) is 42.5 Å². The van der Waals surface area contributed by atoms with Crippen LogP contribution in [0.5, 0.6) is 11.5 Å². The standard InChI is InChI=1S/C20H17Cl2N3O5S/c1-29-14-5-3-13(4-6-14)25-20(15-10-31(27,28)11-17(15)24-25)23-19(26)9-30-18-7-2-12(21)8-16(18)22/h2-8H,9-11H2,1H3,(H,23,26). The molecule has 0 radical (unpaired) electrons. The van der Waals surface area contributed by atoms with Crippen LogP contribution < -0.4 is 14.8 Å². The van der Waals surface area contributed by atoms with Crippen molar-refractivity contribution in [2.75, 3.05) is 19.0 Å². The molecule has 2 aromatic carbocycles. The summed E-state index contributed by atoms with van der Waals surface area (Å²) < 4.78 is 36.3. The van der Waals surface area contributed by atoms with Gasteiger partial charge in [0, 0.05) is 10.6 Å². The summed E-state index contributed by atoms with van der Waals surface area (Å²) in [4.78, 5) is 12.6. The first-order valence-corrected chi connectivity index (χ1v) is 11.7. The number of carbonyl (C=O) groups excluding carboxylic acids is 1. The highest BCUT2D eigenvalue weighted by molar-refractivity contribution is 7.90. The average molecular weight is 482 g/mol. The lowest BCUT2D eigenvalue weighted by Gasteiger charge is -2.12. The second kappa shape index (κ2) is 8.41. The van der Waals surface area contributed by atoms with E-state index in [4.69, 9.17) is 32.7 Å². The number of anilines is 1. The smallest absolute Gasteiger partial charge is 0.263 e. The Morgan fingerprint density at radius 1 is 1.16 bits per heavy atom. The first-order valence-electron chi connectivity index (χ1n) is 9.09. The second-order valence-electron chi connectivity index (χ2n) is 6.83. The first-order chi connectivity index (χ1) is 14.8. The fraction of sp³-hybridized carbons (Fsp3) is 0.200. The highest BCUT2D eigenvalue weighted by Crippen LogP contribution is 2.33. The SMILES string of the molecule is COc1ccc(-n2nc3c(c2NC(=O)COc2ccc(Cl)cc2Cl)CS(=O)(=O)C3)cc1. The van der Waals surface area contributed by atoms with Gasteiger partial charge in [-0.2, -0.15) is 5.10 Å². The number of hydrogen-bond donors (Lipinski definition) is 1. The summed E-state index contributed by atoms with van der Waals surface area (Å²) in [6, 6.07) is 11.7. The largest absolute Gasteiger partial charge is 0.497 e. The molecule has 0 saturated carbocycles. The van der Waals surface area contributed by atoms with E-state index >= 15 is 0 Å². The minimum Gasteiger partial charge on any atom is -0.497 e. The lowest BCUT2D eigenvalue weighted by molar-refractivity contribution is -0.118. The number of nitrogens with one attached hydrogen (secondary N) is 1. The van der Waals surface area contributed by atoms with Crippen LogP contribution in [0, 0.1) is 0 Å². The number of fused-ring (bicyclic) bond motifs is 1. The van der Waals surface area contributed by atoms with Crippen molar-refractivity contribution in [3.05, 3.63) is 63.8 Å². The summed E-state index contributed by atoms with van der Waals surface area (Å²) in [6.07, 6.45) is 0. The van der Waals surface area contributed by atoms with Crippen LogP contribution in [0.3, 0.4) is 0 Å². The molecular formula is C20H17Cl2N3O5S. The van der Waals surface area contributed by atoms with Crippen LogP contribution in [0.2, 0.25) is 10.0 Å². The molecule has 0 aliphatic carbocycles. The molecule has 1 N–H and O–H groups in total. The third kappa shape index (κ3) is 4.63. The molecule has 0 spiro atoms. The molecule has 0 saturated heterocycles. The van der Waals surface area contributed by atoms with Gasteiger partial charge in [-0.1, -0.05) is 23.2 Å². The molecule has 0 unspecified atom stereocenters. The second-order valence-corrected chi connectivity index (χ2v) is 9.74. The van der Waals surface area contributed by atoms with E-state index < -0.39 is 15.7 Å². The number of aromatic nitrogens is 2. The molecule has 162 valence electrons. The maximum Gasteiger partial charge on any atom is 0.263 e. The Labute approximate surface area is 188 Å². The normalized spacial score (nSPS) is 14.2. The van der Waals surface area contributed by atoms with E-state index in [1.807, 2.05) is 0 Å². The maximum atomic E-state index is 12.6. The summed E-state index contributed by atoms with van der Waals surface area (Å²) in [6.45, 7) is -0.337. The summed E-state index contributed by atoms with van der Waals surface area (Å²) in [5, 5.41) is 7.86. The van der Waals surface area contributed by atoms with Crippen LogP contribution in [0.25, 0.3) is 5.69 Å². The molecule has 1 aliphatic rings. The first kappa shape index (κ1) is 21.5. The van der Waals surface area contributed by atoms with E-state index in [-0.39, 0.29) is 29.0 Å². The van der Waals surface area contributed by atoms with Crippen molar-refractivity contribution in [3.8, 4) is 17.2 Å². The average Bonchev–Trinajstić information content (AvgIpc) is 3.20. The van der Waals surface area contributed by atoms with E-state index in [2.05, 4.69) is 10.4 Å². The molecule has 8 nitrogen and oxygen atoms in total. The van der Waals surface area contributed by atoms with Crippen LogP contribution in [0.4, 0.5) is 5.82 Å². The van der Waals surface area contributed by atoms with E-state index in [9.17, 15) is 13.2 Å². The van der Waals surface area contributed by atoms with Gasteiger partial charge in [0.2, 0.25) is 0 Å². The molecule has 11 heteroatoms. The van der Waals surface area contributed by atoms with Gasteiger partial charge in [-0.15, -0.1) is 0 Å². The zero-order chi connectivity index (χ0) is 22.2. The maximum absolute atomic E-state index is 12.6. The van der Waals surface area contributed by atoms with E-state index in [0.29, 0.717) is 33.5 Å². The van der Waals surface area contributed by atoms with Gasteiger partial charge in [0.1, 0.15) is 17.3 Å². The van der Waals surface area contributed by atoms with Gasteiger partial charge < -0.3 is 14.8 Å². The Morgan fingerprint density at radius 3 is 2.58 bits per heavy atom. The molecule has 1 aliphatic heterocycles. The van der Waals surface area contributed by atoms with E-state index in [1.165, 1.54) is 10.7 Å². The highest BCUT2D eigenvalue weighted by Gasteiger charge is 2.33. The Bertz CT molecular complexity index is 1260. The Kier molecular flexibility index (Phi) is 5.83. The van der Waals surface area contributed by atoms with Crippen molar-refractivity contribution in [3.63, 3.8) is 0 Å². The molecule has 0 atom stereocenters. The van der Waals surface area contributed by atoms with Crippen molar-refractivity contribution in [2.45, 2.75) is 11.5 Å². The van der Waals surface area contributed by atoms with Crippen LogP contribution in [-0.4, -0.2) is 37.8 Å². The number of benzene rings is 2. The quantitative estimate of drug-likeness (QED) is 0.576. The fourth-order valence-corrected chi connectivity index (χ4v) is 5.14. The Morgan fingerprint density at radius 2 is 1.90 bits per heavy atom. The molecule has 4 rings (SSSR count). The number of ether oxygens (including phenoxy) is 2. The highest BCUT2D eigenvalue weighted by atomic mass is 35.5. The third-order valence-corrected chi connectivity index (χ3v) is 6.59. The molecular weight excluding hydrogens is 465 g/mol. The van der Waals surface area contributed by atoms with Gasteiger partial charge in [0.25, 0.3) is 5.91 Å². The number of methoxy groups -OCH3 is 1. The Balaban J connectivity index is 1.59. The fourth-order valence-electron chi connectivity index (χ4n) is 3.18. The number of sulfone groups is 1. The van der Waals surface area contributed by atoms with Crippen molar-refractivity contribution in [1.82, 2.24) is 9.78 Å². The van der Waals surface area contributed by atoms with Crippen LogP contribution in [0.1, 0.15) is 11.3 Å². The topological polar surface area (TPSA) is 99.5 Å². The zero-order valence-electron chi connectivity index (χ0n) is 16.3. The van der Waals surface area contributed by atoms with E-state index in [0.717, 1.165) is 0 Å². The number of halogens is 2. The molecule has 0 bridgehead atoms. The number of nitrogens with zero attached hydrogens (tertiary/aromatic N) is 2. The van der Waals surface area contributed by atoms with Gasteiger partial charge in [0.15, 0.2) is 16.4 Å². The predicted octanol–water partition coefficient (Wildman–Crippen LogP) is 3.63. The van der Waals surface area contributed by atoms with Crippen molar-refractivity contribution < 1.29 is 22.7 Å². The monoisotopic (exact) mass is 481 g/mol. The molecule has 0 fully saturated rings. The number of amides is 1. The van der Waals surface area contributed by atoms with Crippen molar-refractivity contribution in [1.29, 1.82) is 0 Å². The summed E-state index contributed by atoms with van der Waals surface area (Å²) in [5.74, 6) is 0.385. The lowest BCUT2D eigenvalue weighted by Crippen LogP contribution is -2.23. The lowest BCUT2D eigenvalue weighted by atomic mass is 10.2. The summed E-state index contributed by atoms with van der Waals surface area (Å²) >= 11 is 11.9. The number of carbonyl (C=O) groups is 1. The number of hydrogen-bond acceptors (Lipinski definition) is 6. The van der Waals surface area contributed by atoms with E-state index in [1.54, 1.807) is 43.5 Å². The van der Waals surface area contributed by atoms with Gasteiger partial charge in [-0.25, -0.2) is 13.1 Å². The molecule has 3 aromatic rings. The zero-order valence-corrected chi connectivity index (χ0v) is 18.6. The van der Waals surface area contributed by atoms with Gasteiger partial charge in [-0.3, -0.25) is 4.79 Å². The summed E-state index contributed by atoms with van der Waals surface area (Å²) in [5.41, 5.74) is 1.52.